The second kappa shape index (κ2) is 7.89. The van der Waals surface area contributed by atoms with Gasteiger partial charge in [0.1, 0.15) is 11.5 Å². The van der Waals surface area contributed by atoms with Gasteiger partial charge in [-0.05, 0) is 52.4 Å². The minimum absolute atomic E-state index is 0.520. The maximum Gasteiger partial charge on any atom is 0.134 e. The summed E-state index contributed by atoms with van der Waals surface area (Å²) in [6, 6.07) is 12.4. The van der Waals surface area contributed by atoms with Gasteiger partial charge in [-0.3, -0.25) is 0 Å². The summed E-state index contributed by atoms with van der Waals surface area (Å²) in [5, 5.41) is 0. The van der Waals surface area contributed by atoms with Gasteiger partial charge in [-0.2, -0.15) is 0 Å². The van der Waals surface area contributed by atoms with Gasteiger partial charge in [-0.1, -0.05) is 49.2 Å². The van der Waals surface area contributed by atoms with Crippen LogP contribution in [0.3, 0.4) is 0 Å². The largest absolute Gasteiger partial charge is 0.496 e. The lowest BCUT2D eigenvalue weighted by Gasteiger charge is -2.21. The van der Waals surface area contributed by atoms with Crippen molar-refractivity contribution in [3.8, 4) is 11.5 Å². The number of benzene rings is 2. The van der Waals surface area contributed by atoms with Crippen LogP contribution in [-0.2, 0) is 0 Å². The average Bonchev–Trinajstić information content (AvgIpc) is 3.14. The molecule has 1 fully saturated rings. The Morgan fingerprint density at radius 2 is 1.71 bits per heavy atom. The first kappa shape index (κ1) is 17.1. The molecule has 2 nitrogen and oxygen atoms in total. The molecule has 3 heteroatoms. The lowest BCUT2D eigenvalue weighted by molar-refractivity contribution is 0.377. The molecule has 1 saturated carbocycles. The van der Waals surface area contributed by atoms with Crippen molar-refractivity contribution in [2.45, 2.75) is 31.6 Å². The maximum absolute atomic E-state index is 5.84. The highest BCUT2D eigenvalue weighted by Gasteiger charge is 2.27. The van der Waals surface area contributed by atoms with Crippen molar-refractivity contribution in [3.05, 3.63) is 57.6 Å². The van der Waals surface area contributed by atoms with E-state index in [-0.39, 0.29) is 0 Å². The van der Waals surface area contributed by atoms with Gasteiger partial charge in [0.05, 0.1) is 14.2 Å². The highest BCUT2D eigenvalue weighted by molar-refractivity contribution is 9.10. The second-order valence-electron chi connectivity index (χ2n) is 6.15. The predicted molar refractivity (Wildman–Crippen MR) is 104 cm³/mol. The molecule has 0 spiro atoms. The van der Waals surface area contributed by atoms with Crippen LogP contribution in [-0.4, -0.2) is 14.2 Å². The third-order valence-electron chi connectivity index (χ3n) is 4.70. The average molecular weight is 387 g/mol. The molecule has 0 N–H and O–H groups in total. The van der Waals surface area contributed by atoms with Gasteiger partial charge in [0, 0.05) is 15.6 Å². The van der Waals surface area contributed by atoms with E-state index >= 15 is 0 Å². The van der Waals surface area contributed by atoms with Crippen molar-refractivity contribution >= 4 is 28.1 Å². The Bertz CT molecular complexity index is 716. The normalized spacial score (nSPS) is 15.1. The molecule has 0 radical (unpaired) electrons. The Labute approximate surface area is 152 Å². The quantitative estimate of drug-likeness (QED) is 0.561. The van der Waals surface area contributed by atoms with Gasteiger partial charge in [0.15, 0.2) is 0 Å². The number of halogens is 1. The minimum Gasteiger partial charge on any atom is -0.496 e. The van der Waals surface area contributed by atoms with Gasteiger partial charge in [-0.25, -0.2) is 0 Å². The lowest BCUT2D eigenvalue weighted by atomic mass is 9.93. The van der Waals surface area contributed by atoms with E-state index in [2.05, 4.69) is 46.3 Å². The van der Waals surface area contributed by atoms with Gasteiger partial charge >= 0.3 is 0 Å². The summed E-state index contributed by atoms with van der Waals surface area (Å²) in [5.74, 6) is 2.37. The van der Waals surface area contributed by atoms with Crippen LogP contribution >= 0.6 is 15.9 Å². The Morgan fingerprint density at radius 1 is 1.00 bits per heavy atom. The predicted octanol–water partition coefficient (Wildman–Crippen LogP) is 6.29. The van der Waals surface area contributed by atoms with Crippen LogP contribution in [0.2, 0.25) is 0 Å². The third-order valence-corrected chi connectivity index (χ3v) is 5.36. The van der Waals surface area contributed by atoms with Crippen LogP contribution in [0.5, 0.6) is 11.5 Å². The van der Waals surface area contributed by atoms with Crippen LogP contribution in [0.1, 0.15) is 48.3 Å². The van der Waals surface area contributed by atoms with Gasteiger partial charge < -0.3 is 9.47 Å². The third kappa shape index (κ3) is 3.51. The molecule has 0 heterocycles. The van der Waals surface area contributed by atoms with E-state index in [1.54, 1.807) is 14.2 Å². The highest BCUT2D eigenvalue weighted by atomic mass is 79.9. The van der Waals surface area contributed by atoms with E-state index < -0.39 is 0 Å². The van der Waals surface area contributed by atoms with Gasteiger partial charge in [0.25, 0.3) is 0 Å². The molecular weight excluding hydrogens is 364 g/mol. The zero-order valence-corrected chi connectivity index (χ0v) is 15.8. The molecule has 24 heavy (non-hydrogen) atoms. The van der Waals surface area contributed by atoms with Crippen LogP contribution in [0.15, 0.2) is 40.9 Å². The molecule has 0 saturated heterocycles. The Hall–Kier alpha value is -1.74. The van der Waals surface area contributed by atoms with E-state index in [1.807, 2.05) is 18.2 Å². The van der Waals surface area contributed by atoms with E-state index in [1.165, 1.54) is 36.8 Å². The standard InChI is InChI=1S/C21H23BrO2/c1-23-19-14-18(22)17(13-12-15-8-4-3-5-9-15)21(24-2)20(19)16-10-6-7-11-16/h3-5,8-9,12-14,16H,6-7,10-11H2,1-2H3. The number of methoxy groups -OCH3 is 2. The van der Waals surface area contributed by atoms with Gasteiger partial charge in [-0.15, -0.1) is 0 Å². The molecule has 126 valence electrons. The maximum atomic E-state index is 5.84. The van der Waals surface area contributed by atoms with E-state index in [9.17, 15) is 0 Å². The molecule has 2 aromatic carbocycles. The number of hydrogen-bond acceptors (Lipinski definition) is 2. The monoisotopic (exact) mass is 386 g/mol. The first-order chi connectivity index (χ1) is 11.7. The Morgan fingerprint density at radius 3 is 2.33 bits per heavy atom. The SMILES string of the molecule is COc1cc(Br)c(C=Cc2ccccc2)c(OC)c1C1CCCC1. The second-order valence-corrected chi connectivity index (χ2v) is 7.00. The summed E-state index contributed by atoms with van der Waals surface area (Å²) in [7, 11) is 3.48. The van der Waals surface area contributed by atoms with Crippen molar-refractivity contribution in [1.82, 2.24) is 0 Å². The lowest BCUT2D eigenvalue weighted by Crippen LogP contribution is -2.03. The molecular formula is C21H23BrO2. The van der Waals surface area contributed by atoms with Crippen LogP contribution in [0.25, 0.3) is 12.2 Å². The summed E-state index contributed by atoms with van der Waals surface area (Å²) in [4.78, 5) is 0. The highest BCUT2D eigenvalue weighted by Crippen LogP contribution is 2.47. The van der Waals surface area contributed by atoms with Crippen LogP contribution < -0.4 is 9.47 Å². The minimum atomic E-state index is 0.520. The van der Waals surface area contributed by atoms with E-state index in [4.69, 9.17) is 9.47 Å². The van der Waals surface area contributed by atoms with Crippen LogP contribution in [0, 0.1) is 0 Å². The van der Waals surface area contributed by atoms with Crippen molar-refractivity contribution < 1.29 is 9.47 Å². The topological polar surface area (TPSA) is 18.5 Å². The van der Waals surface area contributed by atoms with Gasteiger partial charge in [0.2, 0.25) is 0 Å². The van der Waals surface area contributed by atoms with Crippen molar-refractivity contribution in [3.63, 3.8) is 0 Å². The summed E-state index contributed by atoms with van der Waals surface area (Å²) in [5.41, 5.74) is 3.46. The Balaban J connectivity index is 2.08. The summed E-state index contributed by atoms with van der Waals surface area (Å²) < 4.78 is 12.5. The molecule has 3 rings (SSSR count). The first-order valence-electron chi connectivity index (χ1n) is 8.42. The Kier molecular flexibility index (Phi) is 5.62. The van der Waals surface area contributed by atoms with Crippen molar-refractivity contribution in [2.75, 3.05) is 14.2 Å². The molecule has 0 atom stereocenters. The van der Waals surface area contributed by atoms with E-state index in [0.29, 0.717) is 5.92 Å². The fraction of sp³-hybridized carbons (Fsp3) is 0.333. The smallest absolute Gasteiger partial charge is 0.134 e. The molecule has 0 bridgehead atoms. The molecule has 0 amide bonds. The number of ether oxygens (including phenoxy) is 2. The zero-order valence-electron chi connectivity index (χ0n) is 14.2. The summed E-state index contributed by atoms with van der Waals surface area (Å²) in [6.45, 7) is 0. The molecule has 2 aromatic rings. The molecule has 1 aliphatic rings. The zero-order chi connectivity index (χ0) is 16.9. The molecule has 0 aromatic heterocycles. The van der Waals surface area contributed by atoms with Crippen molar-refractivity contribution in [2.24, 2.45) is 0 Å². The van der Waals surface area contributed by atoms with Crippen molar-refractivity contribution in [1.29, 1.82) is 0 Å². The number of rotatable bonds is 5. The first-order valence-corrected chi connectivity index (χ1v) is 9.21. The fourth-order valence-electron chi connectivity index (χ4n) is 3.52. The summed E-state index contributed by atoms with van der Waals surface area (Å²) >= 11 is 3.68. The summed E-state index contributed by atoms with van der Waals surface area (Å²) in [6.07, 6.45) is 9.21. The van der Waals surface area contributed by atoms with Crippen LogP contribution in [0.4, 0.5) is 0 Å². The molecule has 0 unspecified atom stereocenters. The molecule has 1 aliphatic carbocycles. The molecule has 0 aliphatic heterocycles. The fourth-order valence-corrected chi connectivity index (χ4v) is 4.05. The van der Waals surface area contributed by atoms with E-state index in [0.717, 1.165) is 21.5 Å². The number of hydrogen-bond donors (Lipinski definition) is 0.